The summed E-state index contributed by atoms with van der Waals surface area (Å²) >= 11 is 0. The van der Waals surface area contributed by atoms with Crippen LogP contribution in [0.4, 0.5) is 4.39 Å². The van der Waals surface area contributed by atoms with Gasteiger partial charge in [-0.1, -0.05) is 31.0 Å². The van der Waals surface area contributed by atoms with Gasteiger partial charge in [0.25, 0.3) is 0 Å². The topological polar surface area (TPSA) is 42.1 Å². The van der Waals surface area contributed by atoms with Crippen LogP contribution in [0.25, 0.3) is 10.9 Å². The number of halogens is 1. The Morgan fingerprint density at radius 1 is 1.17 bits per heavy atom. The van der Waals surface area contributed by atoms with Crippen LogP contribution in [-0.2, 0) is 17.8 Å². The first-order valence-corrected chi connectivity index (χ1v) is 10.5. The fourth-order valence-corrected chi connectivity index (χ4v) is 4.45. The Balaban J connectivity index is 1.46. The van der Waals surface area contributed by atoms with Crippen molar-refractivity contribution in [2.24, 2.45) is 0 Å². The smallest absolute Gasteiger partial charge is 0.150 e. The van der Waals surface area contributed by atoms with Crippen molar-refractivity contribution in [1.29, 1.82) is 0 Å². The lowest BCUT2D eigenvalue weighted by molar-refractivity contribution is -0.116. The molecular weight excluding hydrogens is 365 g/mol. The highest BCUT2D eigenvalue weighted by atomic mass is 19.1. The molecular formula is C25H28FNO2. The summed E-state index contributed by atoms with van der Waals surface area (Å²) in [7, 11) is 0. The van der Waals surface area contributed by atoms with Gasteiger partial charge in [-0.15, -0.1) is 0 Å². The van der Waals surface area contributed by atoms with E-state index in [2.05, 4.69) is 30.1 Å². The summed E-state index contributed by atoms with van der Waals surface area (Å²) in [5.41, 5.74) is 5.21. The third-order valence-electron chi connectivity index (χ3n) is 5.99. The number of fused-ring (bicyclic) bond motifs is 1. The van der Waals surface area contributed by atoms with Crippen LogP contribution < -0.4 is 4.74 Å². The standard InChI is InChI=1S/C25H28FNO2/c1-16-11-18(8-10-23(16)19-5-3-4-6-19)15-29-22-13-20-12-21(9-7-17(2)28)27-25(20)24(26)14-22/h8,10-14,19,27H,3-7,9,15H2,1-2H3. The number of Topliss-reactive ketones (excluding diaryl/α,β-unsaturated/α-hetero) is 1. The molecule has 0 amide bonds. The minimum atomic E-state index is -0.334. The van der Waals surface area contributed by atoms with Gasteiger partial charge >= 0.3 is 0 Å². The summed E-state index contributed by atoms with van der Waals surface area (Å²) in [6.07, 6.45) is 6.29. The maximum atomic E-state index is 14.5. The van der Waals surface area contributed by atoms with Gasteiger partial charge in [0.15, 0.2) is 5.82 Å². The lowest BCUT2D eigenvalue weighted by atomic mass is 9.92. The molecule has 4 rings (SSSR count). The number of benzene rings is 2. The van der Waals surface area contributed by atoms with Crippen molar-refractivity contribution < 1.29 is 13.9 Å². The van der Waals surface area contributed by atoms with Crippen molar-refractivity contribution in [2.45, 2.75) is 64.9 Å². The minimum absolute atomic E-state index is 0.127. The maximum absolute atomic E-state index is 14.5. The first kappa shape index (κ1) is 19.7. The molecule has 1 heterocycles. The Morgan fingerprint density at radius 3 is 2.69 bits per heavy atom. The zero-order valence-corrected chi connectivity index (χ0v) is 17.2. The van der Waals surface area contributed by atoms with E-state index in [9.17, 15) is 9.18 Å². The van der Waals surface area contributed by atoms with E-state index in [4.69, 9.17) is 4.74 Å². The second kappa shape index (κ2) is 8.40. The summed E-state index contributed by atoms with van der Waals surface area (Å²) in [6, 6.07) is 11.7. The highest BCUT2D eigenvalue weighted by Gasteiger charge is 2.18. The van der Waals surface area contributed by atoms with Gasteiger partial charge in [0.2, 0.25) is 0 Å². The molecule has 2 aromatic carbocycles. The average Bonchev–Trinajstić information content (AvgIpc) is 3.35. The predicted octanol–water partition coefficient (Wildman–Crippen LogP) is 6.37. The van der Waals surface area contributed by atoms with Gasteiger partial charge in [-0.3, -0.25) is 0 Å². The lowest BCUT2D eigenvalue weighted by Crippen LogP contribution is -2.00. The lowest BCUT2D eigenvalue weighted by Gasteiger charge is -2.15. The highest BCUT2D eigenvalue weighted by Crippen LogP contribution is 2.36. The number of ether oxygens (including phenoxy) is 1. The van der Waals surface area contributed by atoms with E-state index in [1.54, 1.807) is 6.92 Å². The van der Waals surface area contributed by atoms with Crippen molar-refractivity contribution in [3.8, 4) is 5.75 Å². The van der Waals surface area contributed by atoms with Crippen molar-refractivity contribution >= 4 is 16.7 Å². The first-order valence-electron chi connectivity index (χ1n) is 10.5. The average molecular weight is 394 g/mol. The van der Waals surface area contributed by atoms with Gasteiger partial charge in [0, 0.05) is 23.6 Å². The quantitative estimate of drug-likeness (QED) is 0.506. The van der Waals surface area contributed by atoms with Gasteiger partial charge in [-0.05, 0) is 67.9 Å². The predicted molar refractivity (Wildman–Crippen MR) is 114 cm³/mol. The molecule has 1 fully saturated rings. The maximum Gasteiger partial charge on any atom is 0.150 e. The number of aryl methyl sites for hydroxylation is 2. The molecule has 1 aliphatic carbocycles. The zero-order valence-electron chi connectivity index (χ0n) is 17.2. The fraction of sp³-hybridized carbons (Fsp3) is 0.400. The molecule has 4 heteroatoms. The van der Waals surface area contributed by atoms with E-state index in [0.29, 0.717) is 36.6 Å². The molecule has 0 spiro atoms. The van der Waals surface area contributed by atoms with E-state index in [0.717, 1.165) is 16.6 Å². The van der Waals surface area contributed by atoms with Crippen molar-refractivity contribution in [3.63, 3.8) is 0 Å². The number of hydrogen-bond donors (Lipinski definition) is 1. The molecule has 3 nitrogen and oxygen atoms in total. The van der Waals surface area contributed by atoms with Crippen LogP contribution in [0.5, 0.6) is 5.75 Å². The molecule has 1 aromatic heterocycles. The Hall–Kier alpha value is -2.62. The normalized spacial score (nSPS) is 14.6. The van der Waals surface area contributed by atoms with Gasteiger partial charge in [-0.2, -0.15) is 0 Å². The Kier molecular flexibility index (Phi) is 5.70. The molecule has 152 valence electrons. The molecule has 0 aliphatic heterocycles. The second-order valence-electron chi connectivity index (χ2n) is 8.33. The van der Waals surface area contributed by atoms with E-state index < -0.39 is 0 Å². The third-order valence-corrected chi connectivity index (χ3v) is 5.99. The van der Waals surface area contributed by atoms with Crippen LogP contribution in [0.1, 0.15) is 67.3 Å². The van der Waals surface area contributed by atoms with Crippen LogP contribution in [-0.4, -0.2) is 10.8 Å². The van der Waals surface area contributed by atoms with Crippen molar-refractivity contribution in [1.82, 2.24) is 4.98 Å². The number of aromatic amines is 1. The number of carbonyl (C=O) groups excluding carboxylic acids is 1. The van der Waals surface area contributed by atoms with E-state index in [1.165, 1.54) is 42.9 Å². The molecule has 0 unspecified atom stereocenters. The molecule has 0 saturated heterocycles. The molecule has 1 saturated carbocycles. The molecule has 1 N–H and O–H groups in total. The van der Waals surface area contributed by atoms with E-state index in [-0.39, 0.29) is 11.6 Å². The molecule has 3 aromatic rings. The largest absolute Gasteiger partial charge is 0.489 e. The summed E-state index contributed by atoms with van der Waals surface area (Å²) in [4.78, 5) is 14.3. The van der Waals surface area contributed by atoms with Gasteiger partial charge in [-0.25, -0.2) is 4.39 Å². The summed E-state index contributed by atoms with van der Waals surface area (Å²) < 4.78 is 20.4. The number of carbonyl (C=O) groups is 1. The van der Waals surface area contributed by atoms with Crippen molar-refractivity contribution in [2.75, 3.05) is 0 Å². The van der Waals surface area contributed by atoms with Crippen LogP contribution in [0, 0.1) is 12.7 Å². The fourth-order valence-electron chi connectivity index (χ4n) is 4.45. The highest BCUT2D eigenvalue weighted by molar-refractivity contribution is 5.83. The molecule has 0 atom stereocenters. The van der Waals surface area contributed by atoms with Crippen LogP contribution in [0.2, 0.25) is 0 Å². The number of nitrogens with one attached hydrogen (secondary N) is 1. The van der Waals surface area contributed by atoms with Crippen molar-refractivity contribution in [3.05, 3.63) is 64.6 Å². The number of aromatic nitrogens is 1. The summed E-state index contributed by atoms with van der Waals surface area (Å²) in [5.74, 6) is 1.01. The monoisotopic (exact) mass is 393 g/mol. The van der Waals surface area contributed by atoms with Gasteiger partial charge in [0.05, 0.1) is 5.52 Å². The van der Waals surface area contributed by atoms with E-state index >= 15 is 0 Å². The Labute approximate surface area is 171 Å². The Bertz CT molecular complexity index is 1030. The van der Waals surface area contributed by atoms with Gasteiger partial charge in [0.1, 0.15) is 18.1 Å². The Morgan fingerprint density at radius 2 is 1.97 bits per heavy atom. The summed E-state index contributed by atoms with van der Waals surface area (Å²) in [6.45, 7) is 4.15. The molecule has 0 radical (unpaired) electrons. The van der Waals surface area contributed by atoms with Crippen LogP contribution >= 0.6 is 0 Å². The molecule has 1 aliphatic rings. The number of hydrogen-bond acceptors (Lipinski definition) is 2. The minimum Gasteiger partial charge on any atom is -0.489 e. The van der Waals surface area contributed by atoms with Crippen LogP contribution in [0.15, 0.2) is 36.4 Å². The third kappa shape index (κ3) is 4.52. The molecule has 0 bridgehead atoms. The van der Waals surface area contributed by atoms with Gasteiger partial charge < -0.3 is 14.5 Å². The number of rotatable bonds is 7. The second-order valence-corrected chi connectivity index (χ2v) is 8.33. The van der Waals surface area contributed by atoms with E-state index in [1.807, 2.05) is 12.1 Å². The SMILES string of the molecule is CC(=O)CCc1cc2cc(OCc3ccc(C4CCCC4)c(C)c3)cc(F)c2[nH]1. The number of ketones is 1. The van der Waals surface area contributed by atoms with Crippen LogP contribution in [0.3, 0.4) is 0 Å². The summed E-state index contributed by atoms with van der Waals surface area (Å²) in [5, 5.41) is 0.770. The molecule has 29 heavy (non-hydrogen) atoms. The zero-order chi connectivity index (χ0) is 20.4. The number of H-pyrrole nitrogens is 1. The first-order chi connectivity index (χ1) is 14.0.